The van der Waals surface area contributed by atoms with Gasteiger partial charge in [-0.3, -0.25) is 9.59 Å². The van der Waals surface area contributed by atoms with Crippen molar-refractivity contribution in [1.82, 2.24) is 9.80 Å². The maximum atomic E-state index is 12.6. The first-order valence-electron chi connectivity index (χ1n) is 6.98. The Bertz CT molecular complexity index is 483. The number of carbonyl (C=O) groups excluding carboxylic acids is 2. The standard InChI is InChI=1S/C14H18N2O3S/c17-13(15-6-2-1-3-7-15)11-9-20-10-16(11)14(18)12-5-4-8-19-12/h4-5,8,11H,1-3,6-7,9-10H2. The van der Waals surface area contributed by atoms with E-state index in [-0.39, 0.29) is 17.9 Å². The van der Waals surface area contributed by atoms with Crippen molar-refractivity contribution < 1.29 is 14.0 Å². The van der Waals surface area contributed by atoms with Crippen molar-refractivity contribution in [2.45, 2.75) is 25.3 Å². The fourth-order valence-corrected chi connectivity index (χ4v) is 3.86. The molecule has 0 N–H and O–H groups in total. The van der Waals surface area contributed by atoms with Crippen LogP contribution in [0.5, 0.6) is 0 Å². The summed E-state index contributed by atoms with van der Waals surface area (Å²) in [6, 6.07) is 3.00. The van der Waals surface area contributed by atoms with Crippen molar-refractivity contribution in [3.63, 3.8) is 0 Å². The van der Waals surface area contributed by atoms with Crippen LogP contribution < -0.4 is 0 Å². The second-order valence-electron chi connectivity index (χ2n) is 5.15. The highest BCUT2D eigenvalue weighted by atomic mass is 32.2. The molecule has 0 spiro atoms. The van der Waals surface area contributed by atoms with E-state index >= 15 is 0 Å². The molecule has 20 heavy (non-hydrogen) atoms. The molecule has 2 fully saturated rings. The van der Waals surface area contributed by atoms with Gasteiger partial charge in [-0.15, -0.1) is 11.8 Å². The monoisotopic (exact) mass is 294 g/mol. The van der Waals surface area contributed by atoms with E-state index in [4.69, 9.17) is 4.42 Å². The lowest BCUT2D eigenvalue weighted by atomic mass is 10.1. The fourth-order valence-electron chi connectivity index (χ4n) is 2.71. The van der Waals surface area contributed by atoms with Gasteiger partial charge in [-0.1, -0.05) is 0 Å². The quantitative estimate of drug-likeness (QED) is 0.835. The summed E-state index contributed by atoms with van der Waals surface area (Å²) < 4.78 is 5.16. The number of hydrogen-bond donors (Lipinski definition) is 0. The molecule has 1 atom stereocenters. The van der Waals surface area contributed by atoms with Crippen LogP contribution in [0.2, 0.25) is 0 Å². The lowest BCUT2D eigenvalue weighted by molar-refractivity contribution is -0.135. The Balaban J connectivity index is 1.71. The van der Waals surface area contributed by atoms with Crippen LogP contribution in [-0.4, -0.2) is 52.4 Å². The molecule has 2 amide bonds. The highest BCUT2D eigenvalue weighted by Crippen LogP contribution is 2.25. The second kappa shape index (κ2) is 5.91. The summed E-state index contributed by atoms with van der Waals surface area (Å²) in [4.78, 5) is 28.5. The van der Waals surface area contributed by atoms with E-state index in [0.717, 1.165) is 25.9 Å². The number of nitrogens with zero attached hydrogens (tertiary/aromatic N) is 2. The topological polar surface area (TPSA) is 53.8 Å². The van der Waals surface area contributed by atoms with Crippen LogP contribution in [0, 0.1) is 0 Å². The van der Waals surface area contributed by atoms with E-state index in [1.54, 1.807) is 28.8 Å². The van der Waals surface area contributed by atoms with Crippen LogP contribution in [0.25, 0.3) is 0 Å². The maximum Gasteiger partial charge on any atom is 0.290 e. The van der Waals surface area contributed by atoms with Crippen LogP contribution in [-0.2, 0) is 4.79 Å². The first-order valence-corrected chi connectivity index (χ1v) is 8.14. The zero-order valence-electron chi connectivity index (χ0n) is 11.3. The third-order valence-corrected chi connectivity index (χ3v) is 4.84. The fraction of sp³-hybridized carbons (Fsp3) is 0.571. The zero-order chi connectivity index (χ0) is 13.9. The maximum absolute atomic E-state index is 12.6. The number of thioether (sulfide) groups is 1. The Morgan fingerprint density at radius 3 is 2.75 bits per heavy atom. The van der Waals surface area contributed by atoms with Gasteiger partial charge in [0.1, 0.15) is 6.04 Å². The summed E-state index contributed by atoms with van der Waals surface area (Å²) in [5.74, 6) is 1.46. The van der Waals surface area contributed by atoms with Crippen LogP contribution in [0.4, 0.5) is 0 Å². The third kappa shape index (κ3) is 2.57. The van der Waals surface area contributed by atoms with E-state index in [1.165, 1.54) is 12.7 Å². The first-order chi connectivity index (χ1) is 9.77. The minimum atomic E-state index is -0.337. The number of furan rings is 1. The molecule has 0 bridgehead atoms. The van der Waals surface area contributed by atoms with Crippen molar-refractivity contribution in [3.8, 4) is 0 Å². The number of amides is 2. The molecule has 1 aromatic rings. The van der Waals surface area contributed by atoms with Crippen LogP contribution in [0.3, 0.4) is 0 Å². The van der Waals surface area contributed by atoms with E-state index < -0.39 is 0 Å². The third-order valence-electron chi connectivity index (χ3n) is 3.83. The van der Waals surface area contributed by atoms with Gasteiger partial charge in [0.05, 0.1) is 12.1 Å². The van der Waals surface area contributed by atoms with Gasteiger partial charge in [0.15, 0.2) is 5.76 Å². The van der Waals surface area contributed by atoms with E-state index in [2.05, 4.69) is 0 Å². The largest absolute Gasteiger partial charge is 0.459 e. The molecule has 0 aliphatic carbocycles. The van der Waals surface area contributed by atoms with Crippen molar-refractivity contribution in [1.29, 1.82) is 0 Å². The molecule has 0 radical (unpaired) electrons. The van der Waals surface area contributed by atoms with Gasteiger partial charge in [-0.05, 0) is 31.4 Å². The summed E-state index contributed by atoms with van der Waals surface area (Å²) in [7, 11) is 0. The van der Waals surface area contributed by atoms with Crippen LogP contribution in [0.15, 0.2) is 22.8 Å². The molecule has 2 aliphatic heterocycles. The van der Waals surface area contributed by atoms with Crippen LogP contribution >= 0.6 is 11.8 Å². The van der Waals surface area contributed by atoms with Crippen molar-refractivity contribution in [2.75, 3.05) is 24.7 Å². The number of likely N-dealkylation sites (tertiary alicyclic amines) is 1. The molecule has 1 aromatic heterocycles. The average Bonchev–Trinajstić information content (AvgIpc) is 3.18. The molecule has 3 heterocycles. The van der Waals surface area contributed by atoms with Gasteiger partial charge in [-0.25, -0.2) is 0 Å². The lowest BCUT2D eigenvalue weighted by Crippen LogP contribution is -2.50. The highest BCUT2D eigenvalue weighted by Gasteiger charge is 2.38. The predicted molar refractivity (Wildman–Crippen MR) is 76.4 cm³/mol. The minimum Gasteiger partial charge on any atom is -0.459 e. The van der Waals surface area contributed by atoms with Crippen LogP contribution in [0.1, 0.15) is 29.8 Å². The molecule has 0 aromatic carbocycles. The molecule has 2 saturated heterocycles. The van der Waals surface area contributed by atoms with Gasteiger partial charge in [0.2, 0.25) is 5.91 Å². The summed E-state index contributed by atoms with van der Waals surface area (Å²) >= 11 is 1.62. The lowest BCUT2D eigenvalue weighted by Gasteiger charge is -2.31. The number of hydrogen-bond acceptors (Lipinski definition) is 4. The van der Waals surface area contributed by atoms with Gasteiger partial charge in [-0.2, -0.15) is 0 Å². The zero-order valence-corrected chi connectivity index (χ0v) is 12.1. The van der Waals surface area contributed by atoms with Gasteiger partial charge < -0.3 is 14.2 Å². The van der Waals surface area contributed by atoms with Crippen molar-refractivity contribution in [3.05, 3.63) is 24.2 Å². The van der Waals surface area contributed by atoms with E-state index in [1.807, 2.05) is 4.90 Å². The van der Waals surface area contributed by atoms with Gasteiger partial charge in [0.25, 0.3) is 5.91 Å². The van der Waals surface area contributed by atoms with E-state index in [9.17, 15) is 9.59 Å². The molecule has 6 heteroatoms. The average molecular weight is 294 g/mol. The molecule has 3 rings (SSSR count). The second-order valence-corrected chi connectivity index (χ2v) is 6.15. The van der Waals surface area contributed by atoms with Crippen molar-refractivity contribution in [2.24, 2.45) is 0 Å². The summed E-state index contributed by atoms with van der Waals surface area (Å²) in [5, 5.41) is 0. The Morgan fingerprint density at radius 2 is 2.05 bits per heavy atom. The summed E-state index contributed by atoms with van der Waals surface area (Å²) in [6.45, 7) is 1.64. The number of rotatable bonds is 2. The molecule has 0 saturated carbocycles. The first kappa shape index (κ1) is 13.5. The molecule has 108 valence electrons. The molecule has 2 aliphatic rings. The smallest absolute Gasteiger partial charge is 0.290 e. The van der Waals surface area contributed by atoms with Gasteiger partial charge >= 0.3 is 0 Å². The highest BCUT2D eigenvalue weighted by molar-refractivity contribution is 7.99. The Labute approximate surface area is 122 Å². The van der Waals surface area contributed by atoms with Crippen molar-refractivity contribution >= 4 is 23.6 Å². The SMILES string of the molecule is O=C(C1CSCN1C(=O)c1ccco1)N1CCCCC1. The molecular formula is C14H18N2O3S. The normalized spacial score (nSPS) is 23.1. The Hall–Kier alpha value is -1.43. The Morgan fingerprint density at radius 1 is 1.25 bits per heavy atom. The predicted octanol–water partition coefficient (Wildman–Crippen LogP) is 1.81. The summed E-state index contributed by atoms with van der Waals surface area (Å²) in [5.41, 5.74) is 0. The Kier molecular flexibility index (Phi) is 4.00. The molecule has 5 nitrogen and oxygen atoms in total. The number of piperidine rings is 1. The molecular weight excluding hydrogens is 276 g/mol. The minimum absolute atomic E-state index is 0.0922. The van der Waals surface area contributed by atoms with Gasteiger partial charge in [0, 0.05) is 18.8 Å². The molecule has 1 unspecified atom stereocenters. The summed E-state index contributed by atoms with van der Waals surface area (Å²) in [6.07, 6.45) is 4.81. The number of carbonyl (C=O) groups is 2. The van der Waals surface area contributed by atoms with E-state index in [0.29, 0.717) is 17.4 Å².